The highest BCUT2D eigenvalue weighted by Crippen LogP contribution is 2.31. The van der Waals surface area contributed by atoms with Crippen LogP contribution in [0.15, 0.2) is 48.5 Å². The average Bonchev–Trinajstić information content (AvgIpc) is 2.50. The number of anilines is 1. The van der Waals surface area contributed by atoms with Gasteiger partial charge < -0.3 is 19.7 Å². The maximum atomic E-state index is 5.96. The van der Waals surface area contributed by atoms with Crippen molar-refractivity contribution >= 4 is 5.69 Å². The van der Waals surface area contributed by atoms with Crippen LogP contribution in [0, 0.1) is 0 Å². The Morgan fingerprint density at radius 2 is 1.61 bits per heavy atom. The summed E-state index contributed by atoms with van der Waals surface area (Å²) in [6.45, 7) is 5.73. The lowest BCUT2D eigenvalue weighted by atomic mass is 10.2. The molecule has 2 aromatic rings. The largest absolute Gasteiger partial charge is 0.488 e. The predicted molar refractivity (Wildman–Crippen MR) is 95.8 cm³/mol. The van der Waals surface area contributed by atoms with E-state index in [0.29, 0.717) is 12.6 Å². The number of para-hydroxylation sites is 2. The third-order valence-electron chi connectivity index (χ3n) is 3.18. The van der Waals surface area contributed by atoms with E-state index in [0.717, 1.165) is 29.5 Å². The van der Waals surface area contributed by atoms with Crippen LogP contribution in [-0.2, 0) is 0 Å². The molecule has 0 fully saturated rings. The van der Waals surface area contributed by atoms with E-state index in [1.165, 1.54) is 0 Å². The van der Waals surface area contributed by atoms with Gasteiger partial charge in [-0.25, -0.2) is 0 Å². The second kappa shape index (κ2) is 8.44. The first kappa shape index (κ1) is 17.2. The Morgan fingerprint density at radius 1 is 0.957 bits per heavy atom. The number of likely N-dealkylation sites (N-methyl/N-ethyl adjacent to an activating group) is 1. The Hall–Kier alpha value is -2.20. The smallest absolute Gasteiger partial charge is 0.169 e. The Bertz CT molecular complexity index is 595. The fourth-order valence-electron chi connectivity index (χ4n) is 2.07. The maximum absolute atomic E-state index is 5.96. The van der Waals surface area contributed by atoms with Crippen molar-refractivity contribution in [1.29, 1.82) is 0 Å². The first-order valence-corrected chi connectivity index (χ1v) is 7.95. The SMILES string of the molecule is CC(C)Nc1ccc(Oc2ccccc2OCCN(C)C)cc1. The number of rotatable bonds is 8. The molecule has 0 atom stereocenters. The van der Waals surface area contributed by atoms with Gasteiger partial charge in [0, 0.05) is 18.3 Å². The second-order valence-electron chi connectivity index (χ2n) is 6.02. The van der Waals surface area contributed by atoms with Gasteiger partial charge in [-0.05, 0) is 64.3 Å². The Morgan fingerprint density at radius 3 is 2.22 bits per heavy atom. The van der Waals surface area contributed by atoms with E-state index >= 15 is 0 Å². The number of ether oxygens (including phenoxy) is 2. The van der Waals surface area contributed by atoms with Crippen molar-refractivity contribution in [2.45, 2.75) is 19.9 Å². The zero-order chi connectivity index (χ0) is 16.7. The minimum Gasteiger partial charge on any atom is -0.488 e. The van der Waals surface area contributed by atoms with Crippen molar-refractivity contribution in [1.82, 2.24) is 4.90 Å². The highest BCUT2D eigenvalue weighted by Gasteiger charge is 2.06. The summed E-state index contributed by atoms with van der Waals surface area (Å²) in [5, 5.41) is 3.36. The van der Waals surface area contributed by atoms with Gasteiger partial charge in [-0.3, -0.25) is 0 Å². The minimum atomic E-state index is 0.410. The van der Waals surface area contributed by atoms with Gasteiger partial charge in [0.2, 0.25) is 0 Å². The van der Waals surface area contributed by atoms with Crippen LogP contribution in [0.4, 0.5) is 5.69 Å². The summed E-state index contributed by atoms with van der Waals surface area (Å²) in [5.41, 5.74) is 1.09. The van der Waals surface area contributed by atoms with Crippen molar-refractivity contribution in [3.63, 3.8) is 0 Å². The lowest BCUT2D eigenvalue weighted by Crippen LogP contribution is -2.19. The van der Waals surface area contributed by atoms with Crippen LogP contribution in [0.2, 0.25) is 0 Å². The van der Waals surface area contributed by atoms with Crippen molar-refractivity contribution in [3.05, 3.63) is 48.5 Å². The van der Waals surface area contributed by atoms with Crippen LogP contribution in [-0.4, -0.2) is 38.2 Å². The van der Waals surface area contributed by atoms with Crippen molar-refractivity contribution in [2.75, 3.05) is 32.6 Å². The molecule has 2 rings (SSSR count). The van der Waals surface area contributed by atoms with Gasteiger partial charge in [0.1, 0.15) is 12.4 Å². The molecule has 4 heteroatoms. The van der Waals surface area contributed by atoms with Crippen LogP contribution < -0.4 is 14.8 Å². The molecule has 0 radical (unpaired) electrons. The van der Waals surface area contributed by atoms with E-state index in [1.54, 1.807) is 0 Å². The Labute approximate surface area is 139 Å². The first-order valence-electron chi connectivity index (χ1n) is 7.95. The quantitative estimate of drug-likeness (QED) is 0.790. The monoisotopic (exact) mass is 314 g/mol. The molecule has 124 valence electrons. The summed E-state index contributed by atoms with van der Waals surface area (Å²) < 4.78 is 11.8. The zero-order valence-electron chi connectivity index (χ0n) is 14.4. The summed E-state index contributed by atoms with van der Waals surface area (Å²) >= 11 is 0. The summed E-state index contributed by atoms with van der Waals surface area (Å²) in [4.78, 5) is 2.09. The fraction of sp³-hybridized carbons (Fsp3) is 0.368. The third-order valence-corrected chi connectivity index (χ3v) is 3.18. The molecule has 0 aliphatic carbocycles. The Kier molecular flexibility index (Phi) is 6.29. The molecule has 0 saturated carbocycles. The van der Waals surface area contributed by atoms with E-state index in [9.17, 15) is 0 Å². The molecule has 23 heavy (non-hydrogen) atoms. The average molecular weight is 314 g/mol. The summed E-state index contributed by atoms with van der Waals surface area (Å²) in [6.07, 6.45) is 0. The topological polar surface area (TPSA) is 33.7 Å². The van der Waals surface area contributed by atoms with E-state index in [1.807, 2.05) is 62.6 Å². The number of hydrogen-bond donors (Lipinski definition) is 1. The minimum absolute atomic E-state index is 0.410. The fourth-order valence-corrected chi connectivity index (χ4v) is 2.07. The molecule has 0 bridgehead atoms. The van der Waals surface area contributed by atoms with Crippen LogP contribution in [0.1, 0.15) is 13.8 Å². The second-order valence-corrected chi connectivity index (χ2v) is 6.02. The standard InChI is InChI=1S/C19H26N2O2/c1-15(2)20-16-9-11-17(12-10-16)23-19-8-6-5-7-18(19)22-14-13-21(3)4/h5-12,15,20H,13-14H2,1-4H3. The Balaban J connectivity index is 2.01. The molecule has 0 aliphatic rings. The molecule has 0 amide bonds. The van der Waals surface area contributed by atoms with Crippen LogP contribution in [0.25, 0.3) is 0 Å². The summed E-state index contributed by atoms with van der Waals surface area (Å²) in [5.74, 6) is 2.29. The normalized spacial score (nSPS) is 10.9. The number of nitrogens with zero attached hydrogens (tertiary/aromatic N) is 1. The van der Waals surface area contributed by atoms with Crippen LogP contribution >= 0.6 is 0 Å². The van der Waals surface area contributed by atoms with Crippen molar-refractivity contribution < 1.29 is 9.47 Å². The molecule has 0 spiro atoms. The molecule has 2 aromatic carbocycles. The molecule has 0 aliphatic heterocycles. The zero-order valence-corrected chi connectivity index (χ0v) is 14.4. The highest BCUT2D eigenvalue weighted by molar-refractivity contribution is 5.49. The molecule has 0 unspecified atom stereocenters. The molecular weight excluding hydrogens is 288 g/mol. The molecule has 0 heterocycles. The lowest BCUT2D eigenvalue weighted by molar-refractivity contribution is 0.254. The van der Waals surface area contributed by atoms with Gasteiger partial charge in [0.25, 0.3) is 0 Å². The summed E-state index contributed by atoms with van der Waals surface area (Å²) in [7, 11) is 4.05. The maximum Gasteiger partial charge on any atom is 0.169 e. The molecular formula is C19H26N2O2. The molecule has 0 saturated heterocycles. The molecule has 4 nitrogen and oxygen atoms in total. The van der Waals surface area contributed by atoms with E-state index in [2.05, 4.69) is 24.1 Å². The van der Waals surface area contributed by atoms with Gasteiger partial charge >= 0.3 is 0 Å². The van der Waals surface area contributed by atoms with Crippen molar-refractivity contribution in [3.8, 4) is 17.2 Å². The number of nitrogens with one attached hydrogen (secondary N) is 1. The van der Waals surface area contributed by atoms with Gasteiger partial charge in [0.15, 0.2) is 11.5 Å². The van der Waals surface area contributed by atoms with E-state index in [-0.39, 0.29) is 0 Å². The van der Waals surface area contributed by atoms with Gasteiger partial charge in [0.05, 0.1) is 0 Å². The van der Waals surface area contributed by atoms with E-state index in [4.69, 9.17) is 9.47 Å². The number of benzene rings is 2. The summed E-state index contributed by atoms with van der Waals surface area (Å²) in [6, 6.07) is 16.1. The van der Waals surface area contributed by atoms with Gasteiger partial charge in [-0.1, -0.05) is 12.1 Å². The number of hydrogen-bond acceptors (Lipinski definition) is 4. The third kappa shape index (κ3) is 5.83. The van der Waals surface area contributed by atoms with Crippen LogP contribution in [0.5, 0.6) is 17.2 Å². The predicted octanol–water partition coefficient (Wildman–Crippen LogP) is 4.24. The van der Waals surface area contributed by atoms with Crippen molar-refractivity contribution in [2.24, 2.45) is 0 Å². The van der Waals surface area contributed by atoms with Gasteiger partial charge in [-0.15, -0.1) is 0 Å². The lowest BCUT2D eigenvalue weighted by Gasteiger charge is -2.15. The molecule has 0 aromatic heterocycles. The highest BCUT2D eigenvalue weighted by atomic mass is 16.5. The van der Waals surface area contributed by atoms with Gasteiger partial charge in [-0.2, -0.15) is 0 Å². The van der Waals surface area contributed by atoms with E-state index < -0.39 is 0 Å². The molecule has 1 N–H and O–H groups in total. The first-order chi connectivity index (χ1) is 11.0. The van der Waals surface area contributed by atoms with Crippen LogP contribution in [0.3, 0.4) is 0 Å².